The first-order chi connectivity index (χ1) is 8.71. The number of methoxy groups -OCH3 is 3. The fourth-order valence-electron chi connectivity index (χ4n) is 2.04. The number of ketones is 1. The third-order valence-corrected chi connectivity index (χ3v) is 2.92. The molecule has 0 N–H and O–H groups in total. The average Bonchev–Trinajstić information content (AvgIpc) is 2.83. The molecule has 1 saturated heterocycles. The summed E-state index contributed by atoms with van der Waals surface area (Å²) in [5.41, 5.74) is 0.729. The number of rotatable bonds is 4. The smallest absolute Gasteiger partial charge is 0.203 e. The highest BCUT2D eigenvalue weighted by Crippen LogP contribution is 2.41. The van der Waals surface area contributed by atoms with Gasteiger partial charge in [0.1, 0.15) is 6.10 Å². The summed E-state index contributed by atoms with van der Waals surface area (Å²) >= 11 is 0. The van der Waals surface area contributed by atoms with Crippen molar-refractivity contribution < 1.29 is 23.7 Å². The third kappa shape index (κ3) is 2.13. The molecule has 18 heavy (non-hydrogen) atoms. The maximum absolute atomic E-state index is 11.7. The van der Waals surface area contributed by atoms with Crippen LogP contribution in [-0.2, 0) is 9.53 Å². The van der Waals surface area contributed by atoms with Gasteiger partial charge in [-0.25, -0.2) is 0 Å². The van der Waals surface area contributed by atoms with E-state index in [0.717, 1.165) is 5.56 Å². The van der Waals surface area contributed by atoms with Gasteiger partial charge in [0.25, 0.3) is 0 Å². The molecule has 0 saturated carbocycles. The molecular weight excluding hydrogens is 236 g/mol. The fourth-order valence-corrected chi connectivity index (χ4v) is 2.04. The Morgan fingerprint density at radius 2 is 1.72 bits per heavy atom. The van der Waals surface area contributed by atoms with E-state index in [2.05, 4.69) is 0 Å². The summed E-state index contributed by atoms with van der Waals surface area (Å²) in [5, 5.41) is 0. The van der Waals surface area contributed by atoms with E-state index in [1.54, 1.807) is 26.4 Å². The number of ether oxygens (including phenoxy) is 4. The molecule has 0 bridgehead atoms. The molecule has 1 aromatic carbocycles. The second kappa shape index (κ2) is 5.27. The van der Waals surface area contributed by atoms with Gasteiger partial charge in [-0.1, -0.05) is 0 Å². The highest BCUT2D eigenvalue weighted by atomic mass is 16.5. The molecule has 1 fully saturated rings. The summed E-state index contributed by atoms with van der Waals surface area (Å²) in [4.78, 5) is 11.7. The second-order valence-corrected chi connectivity index (χ2v) is 3.93. The van der Waals surface area contributed by atoms with Crippen molar-refractivity contribution >= 4 is 5.78 Å². The van der Waals surface area contributed by atoms with Crippen LogP contribution in [0.3, 0.4) is 0 Å². The second-order valence-electron chi connectivity index (χ2n) is 3.93. The average molecular weight is 252 g/mol. The number of hydrogen-bond acceptors (Lipinski definition) is 5. The molecule has 1 aliphatic heterocycles. The molecule has 1 atom stereocenters. The SMILES string of the molecule is COc1cc(C2OCCC2=O)cc(OC)c1OC. The molecule has 0 aliphatic carbocycles. The Bertz CT molecular complexity index is 430. The van der Waals surface area contributed by atoms with Crippen molar-refractivity contribution in [1.29, 1.82) is 0 Å². The molecule has 1 unspecified atom stereocenters. The minimum absolute atomic E-state index is 0.0734. The lowest BCUT2D eigenvalue weighted by Gasteiger charge is -2.16. The maximum Gasteiger partial charge on any atom is 0.203 e. The van der Waals surface area contributed by atoms with Crippen LogP contribution in [0.4, 0.5) is 0 Å². The van der Waals surface area contributed by atoms with Gasteiger partial charge in [0, 0.05) is 6.42 Å². The molecule has 1 aromatic rings. The van der Waals surface area contributed by atoms with Crippen molar-refractivity contribution in [2.75, 3.05) is 27.9 Å². The van der Waals surface area contributed by atoms with Crippen LogP contribution in [-0.4, -0.2) is 33.7 Å². The van der Waals surface area contributed by atoms with Crippen LogP contribution in [0.2, 0.25) is 0 Å². The molecule has 1 aliphatic rings. The molecular formula is C13H16O5. The highest BCUT2D eigenvalue weighted by molar-refractivity contribution is 5.86. The van der Waals surface area contributed by atoms with Crippen LogP contribution in [0.1, 0.15) is 18.1 Å². The number of Topliss-reactive ketones (excluding diaryl/α,β-unsaturated/α-hetero) is 1. The van der Waals surface area contributed by atoms with Crippen LogP contribution in [0.5, 0.6) is 17.2 Å². The third-order valence-electron chi connectivity index (χ3n) is 2.92. The lowest BCUT2D eigenvalue weighted by Crippen LogP contribution is -2.07. The Kier molecular flexibility index (Phi) is 3.72. The minimum atomic E-state index is -0.529. The summed E-state index contributed by atoms with van der Waals surface area (Å²) in [6, 6.07) is 3.49. The monoisotopic (exact) mass is 252 g/mol. The summed E-state index contributed by atoms with van der Waals surface area (Å²) in [6.07, 6.45) is -0.0832. The molecule has 5 nitrogen and oxygen atoms in total. The predicted molar refractivity (Wildman–Crippen MR) is 64.4 cm³/mol. The van der Waals surface area contributed by atoms with Gasteiger partial charge in [-0.3, -0.25) is 4.79 Å². The zero-order valence-corrected chi connectivity index (χ0v) is 10.7. The van der Waals surface area contributed by atoms with Gasteiger partial charge in [-0.2, -0.15) is 0 Å². The first-order valence-corrected chi connectivity index (χ1v) is 5.65. The van der Waals surface area contributed by atoms with Crippen molar-refractivity contribution in [1.82, 2.24) is 0 Å². The number of carbonyl (C=O) groups excluding carboxylic acids is 1. The molecule has 5 heteroatoms. The first-order valence-electron chi connectivity index (χ1n) is 5.65. The molecule has 98 valence electrons. The quantitative estimate of drug-likeness (QED) is 0.817. The maximum atomic E-state index is 11.7. The van der Waals surface area contributed by atoms with Gasteiger partial charge in [0.05, 0.1) is 27.9 Å². The fraction of sp³-hybridized carbons (Fsp3) is 0.462. The van der Waals surface area contributed by atoms with Gasteiger partial charge in [-0.15, -0.1) is 0 Å². The normalized spacial score (nSPS) is 18.8. The Hall–Kier alpha value is -1.75. The van der Waals surface area contributed by atoms with Crippen molar-refractivity contribution in [3.05, 3.63) is 17.7 Å². The first kappa shape index (κ1) is 12.7. The summed E-state index contributed by atoms with van der Waals surface area (Å²) in [7, 11) is 4.62. The van der Waals surface area contributed by atoms with E-state index < -0.39 is 6.10 Å². The number of benzene rings is 1. The van der Waals surface area contributed by atoms with E-state index in [1.807, 2.05) is 0 Å². The Morgan fingerprint density at radius 3 is 2.11 bits per heavy atom. The number of carbonyl (C=O) groups is 1. The van der Waals surface area contributed by atoms with Crippen LogP contribution in [0, 0.1) is 0 Å². The van der Waals surface area contributed by atoms with Gasteiger partial charge in [0.15, 0.2) is 17.3 Å². The lowest BCUT2D eigenvalue weighted by atomic mass is 10.0. The van der Waals surface area contributed by atoms with Crippen LogP contribution < -0.4 is 14.2 Å². The lowest BCUT2D eigenvalue weighted by molar-refractivity contribution is -0.122. The molecule has 0 spiro atoms. The topological polar surface area (TPSA) is 54.0 Å². The van der Waals surface area contributed by atoms with Crippen molar-refractivity contribution in [3.63, 3.8) is 0 Å². The van der Waals surface area contributed by atoms with E-state index in [4.69, 9.17) is 18.9 Å². The van der Waals surface area contributed by atoms with Crippen molar-refractivity contribution in [3.8, 4) is 17.2 Å². The van der Waals surface area contributed by atoms with E-state index >= 15 is 0 Å². The largest absolute Gasteiger partial charge is 0.493 e. The summed E-state index contributed by atoms with van der Waals surface area (Å²) in [6.45, 7) is 0.458. The molecule has 2 rings (SSSR count). The minimum Gasteiger partial charge on any atom is -0.493 e. The highest BCUT2D eigenvalue weighted by Gasteiger charge is 2.29. The Morgan fingerprint density at radius 1 is 1.11 bits per heavy atom. The zero-order valence-electron chi connectivity index (χ0n) is 10.7. The summed E-state index contributed by atoms with van der Waals surface area (Å²) in [5.74, 6) is 1.63. The Labute approximate surface area is 106 Å². The molecule has 0 amide bonds. The van der Waals surface area contributed by atoms with Crippen LogP contribution in [0.15, 0.2) is 12.1 Å². The summed E-state index contributed by atoms with van der Waals surface area (Å²) < 4.78 is 21.1. The van der Waals surface area contributed by atoms with E-state index in [9.17, 15) is 4.79 Å². The van der Waals surface area contributed by atoms with E-state index in [-0.39, 0.29) is 5.78 Å². The molecule has 1 heterocycles. The van der Waals surface area contributed by atoms with E-state index in [1.165, 1.54) is 7.11 Å². The van der Waals surface area contributed by atoms with Crippen molar-refractivity contribution in [2.45, 2.75) is 12.5 Å². The predicted octanol–water partition coefficient (Wildman–Crippen LogP) is 1.74. The van der Waals surface area contributed by atoms with Gasteiger partial charge in [0.2, 0.25) is 5.75 Å². The van der Waals surface area contributed by atoms with Gasteiger partial charge >= 0.3 is 0 Å². The number of hydrogen-bond donors (Lipinski definition) is 0. The van der Waals surface area contributed by atoms with Gasteiger partial charge in [-0.05, 0) is 17.7 Å². The zero-order chi connectivity index (χ0) is 13.1. The molecule has 0 aromatic heterocycles. The van der Waals surface area contributed by atoms with Crippen LogP contribution in [0.25, 0.3) is 0 Å². The van der Waals surface area contributed by atoms with Crippen LogP contribution >= 0.6 is 0 Å². The standard InChI is InChI=1S/C13H16O5/c1-15-10-6-8(12-9(14)4-5-18-12)7-11(16-2)13(10)17-3/h6-7,12H,4-5H2,1-3H3. The van der Waals surface area contributed by atoms with Crippen molar-refractivity contribution in [2.24, 2.45) is 0 Å². The van der Waals surface area contributed by atoms with E-state index in [0.29, 0.717) is 30.3 Å². The molecule has 0 radical (unpaired) electrons. The Balaban J connectivity index is 2.46. The van der Waals surface area contributed by atoms with Gasteiger partial charge < -0.3 is 18.9 Å².